The number of benzene rings is 1. The summed E-state index contributed by atoms with van der Waals surface area (Å²) >= 11 is 3.19. The second kappa shape index (κ2) is 7.32. The molecule has 124 valence electrons. The number of hydrogen-bond acceptors (Lipinski definition) is 5. The molecule has 0 fully saturated rings. The van der Waals surface area contributed by atoms with Gasteiger partial charge < -0.3 is 4.90 Å². The van der Waals surface area contributed by atoms with Crippen LogP contribution in [0.3, 0.4) is 0 Å². The molecular weight excluding hydrogens is 338 g/mol. The first-order valence-corrected chi connectivity index (χ1v) is 9.46. The molecule has 0 radical (unpaired) electrons. The summed E-state index contributed by atoms with van der Waals surface area (Å²) in [5.74, 6) is 0.0592. The van der Waals surface area contributed by atoms with E-state index in [-0.39, 0.29) is 11.2 Å². The van der Waals surface area contributed by atoms with Gasteiger partial charge in [0.2, 0.25) is 5.91 Å². The van der Waals surface area contributed by atoms with E-state index >= 15 is 0 Å². The molecule has 1 aromatic carbocycles. The van der Waals surface area contributed by atoms with Crippen LogP contribution in [-0.4, -0.2) is 34.9 Å². The fourth-order valence-corrected chi connectivity index (χ4v) is 4.61. The molecule has 2 aromatic heterocycles. The Kier molecular flexibility index (Phi) is 5.16. The van der Waals surface area contributed by atoms with E-state index < -0.39 is 0 Å². The molecule has 0 aliphatic carbocycles. The van der Waals surface area contributed by atoms with Gasteiger partial charge in [-0.25, -0.2) is 9.97 Å². The number of amides is 1. The van der Waals surface area contributed by atoms with Gasteiger partial charge in [-0.3, -0.25) is 4.79 Å². The molecule has 1 amide bonds. The van der Waals surface area contributed by atoms with Crippen molar-refractivity contribution in [1.82, 2.24) is 14.9 Å². The summed E-state index contributed by atoms with van der Waals surface area (Å²) in [6, 6.07) is 12.0. The average Bonchev–Trinajstić information content (AvgIpc) is 3.04. The molecule has 0 bridgehead atoms. The number of hydrogen-bond donors (Lipinski definition) is 0. The monoisotopic (exact) mass is 357 g/mol. The van der Waals surface area contributed by atoms with Gasteiger partial charge in [0.05, 0.1) is 0 Å². The smallest absolute Gasteiger partial charge is 0.240 e. The third kappa shape index (κ3) is 3.44. The molecule has 0 aliphatic heterocycles. The maximum atomic E-state index is 12.7. The van der Waals surface area contributed by atoms with Gasteiger partial charge in [-0.1, -0.05) is 49.0 Å². The lowest BCUT2D eigenvalue weighted by molar-refractivity contribution is -0.128. The summed E-state index contributed by atoms with van der Waals surface area (Å²) in [6.07, 6.45) is 2.56. The van der Waals surface area contributed by atoms with Crippen LogP contribution in [0.4, 0.5) is 0 Å². The van der Waals surface area contributed by atoms with Crippen LogP contribution >= 0.6 is 23.1 Å². The Bertz CT molecular complexity index is 846. The summed E-state index contributed by atoms with van der Waals surface area (Å²) < 4.78 is 0. The van der Waals surface area contributed by atoms with Crippen molar-refractivity contribution in [2.24, 2.45) is 0 Å². The zero-order valence-electron chi connectivity index (χ0n) is 13.9. The number of aryl methyl sites for hydroxylation is 1. The number of thiophene rings is 1. The SMILES string of the molecule is CCc1cc2c(S[C@H](C(=O)N(C)C)c3ccccc3)ncnc2s1. The number of likely N-dealkylation sites (N-methyl/N-ethyl adjacent to an activating group) is 1. The first kappa shape index (κ1) is 16.9. The Morgan fingerprint density at radius 2 is 2.00 bits per heavy atom. The maximum Gasteiger partial charge on any atom is 0.240 e. The summed E-state index contributed by atoms with van der Waals surface area (Å²) in [5.41, 5.74) is 0.985. The number of carbonyl (C=O) groups excluding carboxylic acids is 1. The van der Waals surface area contributed by atoms with E-state index in [0.717, 1.165) is 27.2 Å². The summed E-state index contributed by atoms with van der Waals surface area (Å²) in [4.78, 5) is 25.4. The van der Waals surface area contributed by atoms with Crippen molar-refractivity contribution in [3.63, 3.8) is 0 Å². The topological polar surface area (TPSA) is 46.1 Å². The molecule has 0 aliphatic rings. The number of rotatable bonds is 5. The van der Waals surface area contributed by atoms with Gasteiger partial charge in [-0.2, -0.15) is 0 Å². The summed E-state index contributed by atoms with van der Waals surface area (Å²) in [7, 11) is 3.57. The minimum atomic E-state index is -0.315. The number of aromatic nitrogens is 2. The van der Waals surface area contributed by atoms with Crippen molar-refractivity contribution in [2.45, 2.75) is 23.6 Å². The standard InChI is InChI=1S/C18H19N3OS2/c1-4-13-10-14-16(23-13)19-11-20-17(14)24-15(18(22)21(2)3)12-8-6-5-7-9-12/h5-11,15H,4H2,1-3H3/t15-/m0/s1. The maximum absolute atomic E-state index is 12.7. The summed E-state index contributed by atoms with van der Waals surface area (Å²) in [5, 5.41) is 1.58. The highest BCUT2D eigenvalue weighted by Gasteiger charge is 2.25. The molecule has 0 N–H and O–H groups in total. The Morgan fingerprint density at radius 3 is 2.67 bits per heavy atom. The number of carbonyl (C=O) groups is 1. The molecule has 0 saturated heterocycles. The molecule has 24 heavy (non-hydrogen) atoms. The van der Waals surface area contributed by atoms with E-state index in [4.69, 9.17) is 0 Å². The zero-order chi connectivity index (χ0) is 17.1. The van der Waals surface area contributed by atoms with Crippen LogP contribution in [0.2, 0.25) is 0 Å². The summed E-state index contributed by atoms with van der Waals surface area (Å²) in [6.45, 7) is 2.13. The molecule has 0 unspecified atom stereocenters. The van der Waals surface area contributed by atoms with Gasteiger partial charge in [0.15, 0.2) is 0 Å². The Labute approximate surface area is 149 Å². The van der Waals surface area contributed by atoms with Gasteiger partial charge in [0.25, 0.3) is 0 Å². The molecule has 0 spiro atoms. The molecule has 3 aromatic rings. The van der Waals surface area contributed by atoms with Crippen molar-refractivity contribution >= 4 is 39.2 Å². The zero-order valence-corrected chi connectivity index (χ0v) is 15.5. The van der Waals surface area contributed by atoms with Crippen LogP contribution in [0, 0.1) is 0 Å². The van der Waals surface area contributed by atoms with Crippen LogP contribution in [0.1, 0.15) is 22.6 Å². The van der Waals surface area contributed by atoms with Gasteiger partial charge in [0.1, 0.15) is 21.4 Å². The van der Waals surface area contributed by atoms with Gasteiger partial charge >= 0.3 is 0 Å². The third-order valence-corrected chi connectivity index (χ3v) is 6.13. The van der Waals surface area contributed by atoms with Crippen LogP contribution in [0.5, 0.6) is 0 Å². The lowest BCUT2D eigenvalue weighted by Crippen LogP contribution is -2.26. The first-order chi connectivity index (χ1) is 11.6. The lowest BCUT2D eigenvalue weighted by atomic mass is 10.1. The van der Waals surface area contributed by atoms with Crippen LogP contribution in [-0.2, 0) is 11.2 Å². The molecule has 2 heterocycles. The van der Waals surface area contributed by atoms with Crippen LogP contribution in [0.15, 0.2) is 47.8 Å². The highest BCUT2D eigenvalue weighted by molar-refractivity contribution is 8.00. The average molecular weight is 358 g/mol. The fourth-order valence-electron chi connectivity index (χ4n) is 2.39. The Morgan fingerprint density at radius 1 is 1.25 bits per heavy atom. The van der Waals surface area contributed by atoms with E-state index in [2.05, 4.69) is 23.0 Å². The van der Waals surface area contributed by atoms with Crippen LogP contribution in [0.25, 0.3) is 10.2 Å². The number of nitrogens with zero attached hydrogens (tertiary/aromatic N) is 3. The van der Waals surface area contributed by atoms with Gasteiger partial charge in [-0.15, -0.1) is 11.3 Å². The van der Waals surface area contributed by atoms with E-state index in [1.807, 2.05) is 30.3 Å². The largest absolute Gasteiger partial charge is 0.348 e. The van der Waals surface area contributed by atoms with Crippen molar-refractivity contribution in [3.05, 3.63) is 53.2 Å². The normalized spacial score (nSPS) is 12.3. The van der Waals surface area contributed by atoms with E-state index in [1.54, 1.807) is 36.7 Å². The second-order valence-corrected chi connectivity index (χ2v) is 7.81. The fraction of sp³-hybridized carbons (Fsp3) is 0.278. The predicted molar refractivity (Wildman–Crippen MR) is 101 cm³/mol. The lowest BCUT2D eigenvalue weighted by Gasteiger charge is -2.20. The van der Waals surface area contributed by atoms with Crippen LogP contribution < -0.4 is 0 Å². The minimum absolute atomic E-state index is 0.0592. The highest BCUT2D eigenvalue weighted by Crippen LogP contribution is 2.39. The minimum Gasteiger partial charge on any atom is -0.348 e. The first-order valence-electron chi connectivity index (χ1n) is 7.76. The second-order valence-electron chi connectivity index (χ2n) is 5.61. The van der Waals surface area contributed by atoms with E-state index in [9.17, 15) is 4.79 Å². The number of fused-ring (bicyclic) bond motifs is 1. The molecule has 1 atom stereocenters. The van der Waals surface area contributed by atoms with Gasteiger partial charge in [-0.05, 0) is 18.1 Å². The molecule has 4 nitrogen and oxygen atoms in total. The van der Waals surface area contributed by atoms with Crippen molar-refractivity contribution in [2.75, 3.05) is 14.1 Å². The molecular formula is C18H19N3OS2. The van der Waals surface area contributed by atoms with E-state index in [1.165, 1.54) is 16.6 Å². The third-order valence-electron chi connectivity index (χ3n) is 3.69. The quantitative estimate of drug-likeness (QED) is 0.508. The van der Waals surface area contributed by atoms with Gasteiger partial charge in [0, 0.05) is 24.4 Å². The molecule has 0 saturated carbocycles. The highest BCUT2D eigenvalue weighted by atomic mass is 32.2. The molecule has 6 heteroatoms. The number of thioether (sulfide) groups is 1. The Hall–Kier alpha value is -1.92. The predicted octanol–water partition coefficient (Wildman–Crippen LogP) is 4.18. The molecule has 3 rings (SSSR count). The van der Waals surface area contributed by atoms with Crippen molar-refractivity contribution in [3.8, 4) is 0 Å². The Balaban J connectivity index is 2.01. The van der Waals surface area contributed by atoms with E-state index in [0.29, 0.717) is 0 Å². The van der Waals surface area contributed by atoms with Crippen molar-refractivity contribution in [1.29, 1.82) is 0 Å². The van der Waals surface area contributed by atoms with Crippen molar-refractivity contribution < 1.29 is 4.79 Å².